The number of amides is 2. The molecule has 9 heteroatoms. The van der Waals surface area contributed by atoms with Crippen molar-refractivity contribution >= 4 is 39.3 Å². The lowest BCUT2D eigenvalue weighted by atomic mass is 10.2. The molecule has 4 rings (SSSR count). The van der Waals surface area contributed by atoms with Gasteiger partial charge in [-0.1, -0.05) is 12.8 Å². The van der Waals surface area contributed by atoms with Crippen molar-refractivity contribution in [3.05, 3.63) is 18.2 Å². The second-order valence-electron chi connectivity index (χ2n) is 7.80. The Kier molecular flexibility index (Phi) is 6.17. The van der Waals surface area contributed by atoms with E-state index in [0.717, 1.165) is 56.5 Å². The topological polar surface area (TPSA) is 78.0 Å². The summed E-state index contributed by atoms with van der Waals surface area (Å²) in [6, 6.07) is 4.95. The summed E-state index contributed by atoms with van der Waals surface area (Å²) in [6.07, 6.45) is 5.98. The van der Waals surface area contributed by atoms with E-state index in [1.54, 1.807) is 18.2 Å². The van der Waals surface area contributed by atoms with Crippen LogP contribution < -0.4 is 4.90 Å². The molecule has 0 radical (unpaired) electrons. The quantitative estimate of drug-likeness (QED) is 0.722. The zero-order chi connectivity index (χ0) is 20.4. The summed E-state index contributed by atoms with van der Waals surface area (Å²) in [5, 5.41) is 0. The molecule has 0 saturated carbocycles. The highest BCUT2D eigenvalue weighted by molar-refractivity contribution is 8.00. The molecule has 158 valence electrons. The van der Waals surface area contributed by atoms with Crippen LogP contribution in [0.2, 0.25) is 0 Å². The summed E-state index contributed by atoms with van der Waals surface area (Å²) in [5.74, 6) is 0.0469. The van der Waals surface area contributed by atoms with E-state index >= 15 is 0 Å². The number of hydrogen-bond donors (Lipinski definition) is 0. The lowest BCUT2D eigenvalue weighted by Crippen LogP contribution is -2.45. The Labute approximate surface area is 176 Å². The molecule has 3 heterocycles. The summed E-state index contributed by atoms with van der Waals surface area (Å²) in [5.41, 5.74) is 0.537. The maximum absolute atomic E-state index is 13.0. The highest BCUT2D eigenvalue weighted by atomic mass is 32.2. The Morgan fingerprint density at radius 3 is 2.31 bits per heavy atom. The molecule has 0 spiro atoms. The second kappa shape index (κ2) is 8.65. The van der Waals surface area contributed by atoms with Crippen molar-refractivity contribution in [2.45, 2.75) is 48.3 Å². The van der Waals surface area contributed by atoms with Gasteiger partial charge in [0.15, 0.2) is 0 Å². The highest BCUT2D eigenvalue weighted by Crippen LogP contribution is 2.37. The third kappa shape index (κ3) is 4.32. The Morgan fingerprint density at radius 1 is 0.966 bits per heavy atom. The smallest absolute Gasteiger partial charge is 0.243 e. The summed E-state index contributed by atoms with van der Waals surface area (Å²) >= 11 is 1.39. The monoisotopic (exact) mass is 437 g/mol. The number of nitrogens with zero attached hydrogens (tertiary/aromatic N) is 3. The molecule has 0 bridgehead atoms. The molecule has 1 aromatic rings. The predicted molar refractivity (Wildman–Crippen MR) is 113 cm³/mol. The minimum atomic E-state index is -3.58. The van der Waals surface area contributed by atoms with E-state index in [0.29, 0.717) is 18.8 Å². The van der Waals surface area contributed by atoms with Gasteiger partial charge in [0.1, 0.15) is 6.54 Å². The number of rotatable bonds is 4. The fraction of sp³-hybridized carbons (Fsp3) is 0.600. The van der Waals surface area contributed by atoms with Gasteiger partial charge in [-0.15, -0.1) is 11.8 Å². The first-order valence-electron chi connectivity index (χ1n) is 10.3. The number of hydrogen-bond acceptors (Lipinski definition) is 5. The molecule has 2 fully saturated rings. The van der Waals surface area contributed by atoms with Crippen LogP contribution in [-0.4, -0.2) is 67.9 Å². The molecule has 0 aliphatic carbocycles. The van der Waals surface area contributed by atoms with Crippen molar-refractivity contribution in [1.29, 1.82) is 0 Å². The van der Waals surface area contributed by atoms with Crippen molar-refractivity contribution < 1.29 is 18.0 Å². The minimum absolute atomic E-state index is 0.0282. The Balaban J connectivity index is 1.60. The second-order valence-corrected chi connectivity index (χ2v) is 10.8. The largest absolute Gasteiger partial charge is 0.341 e. The number of fused-ring (bicyclic) bond motifs is 1. The van der Waals surface area contributed by atoms with Gasteiger partial charge >= 0.3 is 0 Å². The molecule has 2 saturated heterocycles. The van der Waals surface area contributed by atoms with Gasteiger partial charge in [-0.25, -0.2) is 8.42 Å². The Hall–Kier alpha value is -1.58. The first kappa shape index (κ1) is 20.7. The van der Waals surface area contributed by atoms with Crippen LogP contribution in [0.15, 0.2) is 28.0 Å². The molecule has 0 unspecified atom stereocenters. The minimum Gasteiger partial charge on any atom is -0.341 e. The van der Waals surface area contributed by atoms with Crippen molar-refractivity contribution in [3.63, 3.8) is 0 Å². The van der Waals surface area contributed by atoms with Gasteiger partial charge in [0.25, 0.3) is 0 Å². The zero-order valence-electron chi connectivity index (χ0n) is 16.5. The van der Waals surface area contributed by atoms with Crippen molar-refractivity contribution in [2.75, 3.05) is 43.4 Å². The molecular formula is C20H27N3O4S2. The fourth-order valence-electron chi connectivity index (χ4n) is 4.15. The van der Waals surface area contributed by atoms with E-state index in [9.17, 15) is 18.0 Å². The maximum Gasteiger partial charge on any atom is 0.243 e. The number of anilines is 1. The highest BCUT2D eigenvalue weighted by Gasteiger charge is 2.32. The molecular weight excluding hydrogens is 410 g/mol. The van der Waals surface area contributed by atoms with E-state index in [-0.39, 0.29) is 29.0 Å². The van der Waals surface area contributed by atoms with Crippen LogP contribution in [0.3, 0.4) is 0 Å². The number of likely N-dealkylation sites (tertiary alicyclic amines) is 1. The first-order valence-corrected chi connectivity index (χ1v) is 12.7. The molecule has 0 atom stereocenters. The van der Waals surface area contributed by atoms with Crippen LogP contribution in [0.25, 0.3) is 0 Å². The average molecular weight is 438 g/mol. The molecule has 3 aliphatic heterocycles. The van der Waals surface area contributed by atoms with E-state index in [1.165, 1.54) is 21.0 Å². The van der Waals surface area contributed by atoms with Gasteiger partial charge in [-0.05, 0) is 43.9 Å². The SMILES string of the molecule is O=C(CN1C(=O)CSc2ccc(S(=O)(=O)N3CCCC3)cc21)N1CCCCCC1. The molecule has 0 N–H and O–H groups in total. The van der Waals surface area contributed by atoms with Gasteiger partial charge in [0.2, 0.25) is 21.8 Å². The van der Waals surface area contributed by atoms with Crippen LogP contribution in [0.5, 0.6) is 0 Å². The molecule has 1 aromatic carbocycles. The summed E-state index contributed by atoms with van der Waals surface area (Å²) in [4.78, 5) is 29.8. The molecule has 7 nitrogen and oxygen atoms in total. The number of carbonyl (C=O) groups excluding carboxylic acids is 2. The van der Waals surface area contributed by atoms with Crippen molar-refractivity contribution in [3.8, 4) is 0 Å². The molecule has 2 amide bonds. The lowest BCUT2D eigenvalue weighted by molar-refractivity contribution is -0.131. The van der Waals surface area contributed by atoms with Crippen LogP contribution in [-0.2, 0) is 19.6 Å². The molecule has 3 aliphatic rings. The number of thioether (sulfide) groups is 1. The van der Waals surface area contributed by atoms with E-state index in [2.05, 4.69) is 0 Å². The van der Waals surface area contributed by atoms with E-state index in [4.69, 9.17) is 0 Å². The third-order valence-corrected chi connectivity index (χ3v) is 8.77. The molecule has 0 aromatic heterocycles. The van der Waals surface area contributed by atoms with E-state index < -0.39 is 10.0 Å². The average Bonchev–Trinajstić information content (AvgIpc) is 3.13. The normalized spacial score (nSPS) is 21.2. The lowest BCUT2D eigenvalue weighted by Gasteiger charge is -2.31. The van der Waals surface area contributed by atoms with Gasteiger partial charge in [-0.2, -0.15) is 4.31 Å². The first-order chi connectivity index (χ1) is 14.0. The summed E-state index contributed by atoms with van der Waals surface area (Å²) in [7, 11) is -3.58. The van der Waals surface area contributed by atoms with E-state index in [1.807, 2.05) is 4.90 Å². The van der Waals surface area contributed by atoms with Crippen molar-refractivity contribution in [1.82, 2.24) is 9.21 Å². The van der Waals surface area contributed by atoms with Crippen molar-refractivity contribution in [2.24, 2.45) is 0 Å². The van der Waals surface area contributed by atoms with Gasteiger partial charge in [-0.3, -0.25) is 9.59 Å². The maximum atomic E-state index is 13.0. The van der Waals surface area contributed by atoms with Crippen LogP contribution in [0.1, 0.15) is 38.5 Å². The predicted octanol–water partition coefficient (Wildman–Crippen LogP) is 2.31. The molecule has 29 heavy (non-hydrogen) atoms. The number of carbonyl (C=O) groups is 2. The third-order valence-electron chi connectivity index (χ3n) is 5.83. The summed E-state index contributed by atoms with van der Waals surface area (Å²) in [6.45, 7) is 2.49. The fourth-order valence-corrected chi connectivity index (χ4v) is 6.60. The van der Waals surface area contributed by atoms with Crippen LogP contribution in [0.4, 0.5) is 5.69 Å². The zero-order valence-corrected chi connectivity index (χ0v) is 18.1. The standard InChI is InChI=1S/C20H27N3O4S2/c24-19(21-9-3-1-2-4-10-21)14-23-17-13-16(7-8-18(17)28-15-20(23)25)29(26,27)22-11-5-6-12-22/h7-8,13H,1-6,9-12,14-15H2. The van der Waals surface area contributed by atoms with Gasteiger partial charge in [0, 0.05) is 31.1 Å². The Bertz CT molecular complexity index is 889. The van der Waals surface area contributed by atoms with Crippen LogP contribution in [0, 0.1) is 0 Å². The Morgan fingerprint density at radius 2 is 1.62 bits per heavy atom. The van der Waals surface area contributed by atoms with Crippen LogP contribution >= 0.6 is 11.8 Å². The number of benzene rings is 1. The summed E-state index contributed by atoms with van der Waals surface area (Å²) < 4.78 is 27.4. The van der Waals surface area contributed by atoms with Gasteiger partial charge < -0.3 is 9.80 Å². The van der Waals surface area contributed by atoms with Gasteiger partial charge in [0.05, 0.1) is 16.3 Å². The number of sulfonamides is 1.